The van der Waals surface area contributed by atoms with E-state index in [9.17, 15) is 14.9 Å². The Hall–Kier alpha value is -2.89. The van der Waals surface area contributed by atoms with Crippen LogP contribution in [0.2, 0.25) is 0 Å². The third-order valence-corrected chi connectivity index (χ3v) is 3.37. The van der Waals surface area contributed by atoms with Gasteiger partial charge in [0.1, 0.15) is 5.75 Å². The van der Waals surface area contributed by atoms with Crippen molar-refractivity contribution in [2.75, 3.05) is 6.61 Å². The number of nitrogens with zero attached hydrogens (tertiary/aromatic N) is 1. The summed E-state index contributed by atoms with van der Waals surface area (Å²) in [4.78, 5) is 22.2. The van der Waals surface area contributed by atoms with Gasteiger partial charge in [-0.1, -0.05) is 12.1 Å². The van der Waals surface area contributed by atoms with Crippen LogP contribution in [0.5, 0.6) is 11.5 Å². The zero-order valence-electron chi connectivity index (χ0n) is 13.2. The van der Waals surface area contributed by atoms with Gasteiger partial charge < -0.3 is 9.47 Å². The molecular formula is C17H17NO5. The lowest BCUT2D eigenvalue weighted by atomic mass is 10.1. The molecule has 0 aromatic heterocycles. The number of carbonyl (C=O) groups is 1. The van der Waals surface area contributed by atoms with Crippen LogP contribution >= 0.6 is 0 Å². The van der Waals surface area contributed by atoms with Gasteiger partial charge in [0.05, 0.1) is 4.92 Å². The second-order valence-electron chi connectivity index (χ2n) is 5.24. The van der Waals surface area contributed by atoms with Gasteiger partial charge in [0.2, 0.25) is 5.75 Å². The van der Waals surface area contributed by atoms with Crippen LogP contribution in [-0.4, -0.2) is 17.5 Å². The van der Waals surface area contributed by atoms with Crippen LogP contribution in [0.4, 0.5) is 5.69 Å². The zero-order chi connectivity index (χ0) is 17.0. The van der Waals surface area contributed by atoms with E-state index < -0.39 is 10.9 Å². The first kappa shape index (κ1) is 16.5. The fourth-order valence-corrected chi connectivity index (χ4v) is 1.95. The Bertz CT molecular complexity index is 755. The third-order valence-electron chi connectivity index (χ3n) is 3.37. The summed E-state index contributed by atoms with van der Waals surface area (Å²) in [6, 6.07) is 9.80. The normalized spacial score (nSPS) is 10.2. The molecular weight excluding hydrogens is 298 g/mol. The lowest BCUT2D eigenvalue weighted by Crippen LogP contribution is -2.18. The van der Waals surface area contributed by atoms with Crippen LogP contribution in [-0.2, 0) is 4.79 Å². The van der Waals surface area contributed by atoms with Gasteiger partial charge in [0, 0.05) is 6.07 Å². The number of nitro benzene ring substituents is 1. The number of benzene rings is 2. The Labute approximate surface area is 133 Å². The first-order valence-electron chi connectivity index (χ1n) is 7.02. The Morgan fingerprint density at radius 3 is 2.48 bits per heavy atom. The van der Waals surface area contributed by atoms with Gasteiger partial charge in [-0.3, -0.25) is 10.1 Å². The first-order chi connectivity index (χ1) is 10.9. The van der Waals surface area contributed by atoms with Gasteiger partial charge in [-0.25, -0.2) is 4.79 Å². The molecule has 0 unspecified atom stereocenters. The van der Waals surface area contributed by atoms with E-state index in [2.05, 4.69) is 0 Å². The van der Waals surface area contributed by atoms with E-state index in [1.807, 2.05) is 26.0 Å². The molecule has 6 heteroatoms. The predicted molar refractivity (Wildman–Crippen MR) is 84.9 cm³/mol. The van der Waals surface area contributed by atoms with Crippen molar-refractivity contribution < 1.29 is 19.2 Å². The summed E-state index contributed by atoms with van der Waals surface area (Å²) in [6.07, 6.45) is 0. The molecule has 0 amide bonds. The van der Waals surface area contributed by atoms with Crippen LogP contribution in [0, 0.1) is 30.9 Å². The van der Waals surface area contributed by atoms with Crippen molar-refractivity contribution >= 4 is 11.7 Å². The summed E-state index contributed by atoms with van der Waals surface area (Å²) < 4.78 is 10.4. The van der Waals surface area contributed by atoms with Crippen LogP contribution in [0.25, 0.3) is 0 Å². The molecule has 0 heterocycles. The minimum Gasteiger partial charge on any atom is -0.482 e. The second-order valence-corrected chi connectivity index (χ2v) is 5.24. The summed E-state index contributed by atoms with van der Waals surface area (Å²) in [5.41, 5.74) is 2.67. The summed E-state index contributed by atoms with van der Waals surface area (Å²) in [5, 5.41) is 10.9. The molecule has 0 atom stereocenters. The number of nitro groups is 1. The Morgan fingerprint density at radius 2 is 1.83 bits per heavy atom. The summed E-state index contributed by atoms with van der Waals surface area (Å²) in [5.74, 6) is -0.232. The number of ether oxygens (including phenoxy) is 2. The van der Waals surface area contributed by atoms with Gasteiger partial charge >= 0.3 is 11.7 Å². The van der Waals surface area contributed by atoms with Gasteiger partial charge in [-0.05, 0) is 55.7 Å². The van der Waals surface area contributed by atoms with Crippen molar-refractivity contribution in [3.05, 3.63) is 63.2 Å². The van der Waals surface area contributed by atoms with E-state index in [-0.39, 0.29) is 18.0 Å². The average molecular weight is 315 g/mol. The van der Waals surface area contributed by atoms with E-state index in [1.165, 1.54) is 12.1 Å². The second kappa shape index (κ2) is 6.91. The van der Waals surface area contributed by atoms with E-state index in [0.29, 0.717) is 5.75 Å². The Morgan fingerprint density at radius 1 is 1.09 bits per heavy atom. The van der Waals surface area contributed by atoms with E-state index in [0.717, 1.165) is 16.7 Å². The van der Waals surface area contributed by atoms with Crippen LogP contribution in [0.3, 0.4) is 0 Å². The molecule has 0 aliphatic rings. The molecule has 0 aliphatic heterocycles. The highest BCUT2D eigenvalue weighted by Crippen LogP contribution is 2.28. The quantitative estimate of drug-likeness (QED) is 0.365. The lowest BCUT2D eigenvalue weighted by molar-refractivity contribution is -0.385. The van der Waals surface area contributed by atoms with Crippen molar-refractivity contribution in [2.24, 2.45) is 0 Å². The Balaban J connectivity index is 2.03. The molecule has 2 aromatic rings. The molecule has 120 valence electrons. The number of aryl methyl sites for hydroxylation is 3. The van der Waals surface area contributed by atoms with Gasteiger partial charge in [0.15, 0.2) is 6.61 Å². The van der Waals surface area contributed by atoms with Gasteiger partial charge in [-0.2, -0.15) is 0 Å². The number of carbonyl (C=O) groups excluding carboxylic acids is 1. The maximum Gasteiger partial charge on any atom is 0.349 e. The number of hydrogen-bond donors (Lipinski definition) is 0. The molecule has 0 saturated heterocycles. The van der Waals surface area contributed by atoms with Crippen LogP contribution in [0.1, 0.15) is 16.7 Å². The highest BCUT2D eigenvalue weighted by molar-refractivity contribution is 5.75. The smallest absolute Gasteiger partial charge is 0.349 e. The van der Waals surface area contributed by atoms with Gasteiger partial charge in [0.25, 0.3) is 0 Å². The molecule has 0 fully saturated rings. The molecule has 0 bridgehead atoms. The largest absolute Gasteiger partial charge is 0.482 e. The molecule has 2 aromatic carbocycles. The van der Waals surface area contributed by atoms with Crippen LogP contribution in [0.15, 0.2) is 36.4 Å². The zero-order valence-corrected chi connectivity index (χ0v) is 13.2. The van der Waals surface area contributed by atoms with Crippen molar-refractivity contribution in [2.45, 2.75) is 20.8 Å². The van der Waals surface area contributed by atoms with Crippen molar-refractivity contribution in [3.63, 3.8) is 0 Å². The standard InChI is InChI=1S/C17H17NO5/c1-11-4-7-15(18(20)21)16(8-11)23-17(19)10-22-14-6-5-12(2)13(3)9-14/h4-9H,10H2,1-3H3. The molecule has 23 heavy (non-hydrogen) atoms. The summed E-state index contributed by atoms with van der Waals surface area (Å²) in [7, 11) is 0. The fourth-order valence-electron chi connectivity index (χ4n) is 1.95. The highest BCUT2D eigenvalue weighted by Gasteiger charge is 2.18. The Kier molecular flexibility index (Phi) is 4.95. The molecule has 0 aliphatic carbocycles. The fraction of sp³-hybridized carbons (Fsp3) is 0.235. The minimum atomic E-state index is -0.697. The molecule has 2 rings (SSSR count). The van der Waals surface area contributed by atoms with Crippen LogP contribution < -0.4 is 9.47 Å². The molecule has 0 radical (unpaired) electrons. The predicted octanol–water partition coefficient (Wildman–Crippen LogP) is 3.50. The highest BCUT2D eigenvalue weighted by atomic mass is 16.6. The average Bonchev–Trinajstić information content (AvgIpc) is 2.48. The maximum absolute atomic E-state index is 11.9. The van der Waals surface area contributed by atoms with E-state index >= 15 is 0 Å². The topological polar surface area (TPSA) is 78.7 Å². The molecule has 0 N–H and O–H groups in total. The summed E-state index contributed by atoms with van der Waals surface area (Å²) >= 11 is 0. The van der Waals surface area contributed by atoms with Crippen molar-refractivity contribution in [1.29, 1.82) is 0 Å². The monoisotopic (exact) mass is 315 g/mol. The van der Waals surface area contributed by atoms with E-state index in [4.69, 9.17) is 9.47 Å². The number of hydrogen-bond acceptors (Lipinski definition) is 5. The first-order valence-corrected chi connectivity index (χ1v) is 7.02. The van der Waals surface area contributed by atoms with Crippen molar-refractivity contribution in [1.82, 2.24) is 0 Å². The minimum absolute atomic E-state index is 0.0799. The third kappa shape index (κ3) is 4.29. The summed E-state index contributed by atoms with van der Waals surface area (Å²) in [6.45, 7) is 5.35. The molecule has 0 saturated carbocycles. The molecule has 0 spiro atoms. The van der Waals surface area contributed by atoms with Gasteiger partial charge in [-0.15, -0.1) is 0 Å². The SMILES string of the molecule is Cc1ccc([N+](=O)[O-])c(OC(=O)COc2ccc(C)c(C)c2)c1. The maximum atomic E-state index is 11.9. The van der Waals surface area contributed by atoms with E-state index in [1.54, 1.807) is 19.1 Å². The number of rotatable bonds is 5. The molecule has 6 nitrogen and oxygen atoms in total. The van der Waals surface area contributed by atoms with Crippen molar-refractivity contribution in [3.8, 4) is 11.5 Å². The number of esters is 1. The lowest BCUT2D eigenvalue weighted by Gasteiger charge is -2.09.